The lowest BCUT2D eigenvalue weighted by Crippen LogP contribution is -2.37. The number of fused-ring (bicyclic) bond motifs is 2. The Kier molecular flexibility index (Phi) is 6.17. The van der Waals surface area contributed by atoms with Crippen LogP contribution >= 0.6 is 0 Å². The number of hydrogen-bond donors (Lipinski definition) is 0. The van der Waals surface area contributed by atoms with Crippen molar-refractivity contribution in [3.05, 3.63) is 76.6 Å². The maximum Gasteiger partial charge on any atom is 0.573 e. The smallest absolute Gasteiger partial charge is 0.406 e. The molecular formula is C27H27F5N2O2. The predicted octanol–water partition coefficient (Wildman–Crippen LogP) is 6.98. The second kappa shape index (κ2) is 8.64. The maximum absolute atomic E-state index is 15.9. The average molecular weight is 507 g/mol. The normalized spacial score (nSPS) is 14.7. The van der Waals surface area contributed by atoms with Gasteiger partial charge in [-0.3, -0.25) is 4.79 Å². The molecule has 0 saturated carbocycles. The lowest BCUT2D eigenvalue weighted by atomic mass is 9.93. The molecule has 4 rings (SSSR count). The van der Waals surface area contributed by atoms with E-state index in [0.29, 0.717) is 17.7 Å². The van der Waals surface area contributed by atoms with Crippen molar-refractivity contribution in [3.63, 3.8) is 0 Å². The Balaban J connectivity index is 1.92. The zero-order valence-corrected chi connectivity index (χ0v) is 20.6. The van der Waals surface area contributed by atoms with Gasteiger partial charge in [-0.15, -0.1) is 13.2 Å². The first-order chi connectivity index (χ1) is 16.6. The highest BCUT2D eigenvalue weighted by Crippen LogP contribution is 2.48. The van der Waals surface area contributed by atoms with Crippen LogP contribution in [0.15, 0.2) is 48.5 Å². The highest BCUT2D eigenvalue weighted by Gasteiger charge is 2.46. The summed E-state index contributed by atoms with van der Waals surface area (Å²) in [6.07, 6.45) is -4.86. The van der Waals surface area contributed by atoms with Gasteiger partial charge in [0.25, 0.3) is 5.91 Å². The van der Waals surface area contributed by atoms with E-state index in [2.05, 4.69) is 4.74 Å². The molecule has 1 aliphatic heterocycles. The number of carbonyl (C=O) groups is 1. The average Bonchev–Trinajstić information content (AvgIpc) is 3.04. The van der Waals surface area contributed by atoms with Crippen LogP contribution in [0.3, 0.4) is 0 Å². The van der Waals surface area contributed by atoms with Gasteiger partial charge in [-0.2, -0.15) is 8.78 Å². The Morgan fingerprint density at radius 1 is 1.06 bits per heavy atom. The quantitative estimate of drug-likeness (QED) is 0.358. The molecule has 0 spiro atoms. The molecule has 3 aromatic rings. The van der Waals surface area contributed by atoms with Gasteiger partial charge in [-0.25, -0.2) is 0 Å². The molecular weight excluding hydrogens is 479 g/mol. The van der Waals surface area contributed by atoms with Gasteiger partial charge in [0, 0.05) is 31.3 Å². The van der Waals surface area contributed by atoms with Crippen molar-refractivity contribution in [2.24, 2.45) is 5.41 Å². The van der Waals surface area contributed by atoms with Gasteiger partial charge in [-0.05, 0) is 41.2 Å². The third kappa shape index (κ3) is 4.70. The molecule has 1 aliphatic rings. The molecule has 2 heterocycles. The standard InChI is InChI=1S/C27H27F5N2O2/c1-16-21(17-10-12-19(13-11-17)36-27(30,31)32)22(24(35)33(5)15-25(2,3)4)34-14-18-8-6-7-9-20(18)26(28,29)23(16)34/h6-13H,14-15H2,1-5H3. The van der Waals surface area contributed by atoms with Crippen LogP contribution in [-0.4, -0.2) is 35.3 Å². The molecule has 0 N–H and O–H groups in total. The Morgan fingerprint density at radius 3 is 2.25 bits per heavy atom. The number of benzene rings is 2. The number of hydrogen-bond acceptors (Lipinski definition) is 2. The van der Waals surface area contributed by atoms with Gasteiger partial charge in [0.2, 0.25) is 0 Å². The fourth-order valence-corrected chi connectivity index (χ4v) is 4.93. The summed E-state index contributed by atoms with van der Waals surface area (Å²) in [5, 5.41) is 0. The summed E-state index contributed by atoms with van der Waals surface area (Å²) in [5.41, 5.74) is 0.625. The van der Waals surface area contributed by atoms with Gasteiger partial charge in [-0.1, -0.05) is 57.2 Å². The SMILES string of the molecule is Cc1c(-c2ccc(OC(F)(F)F)cc2)c(C(=O)N(C)CC(C)(C)C)n2c1C(F)(F)c1ccccc1C2. The van der Waals surface area contributed by atoms with Crippen LogP contribution in [0.1, 0.15) is 53.6 Å². The topological polar surface area (TPSA) is 34.5 Å². The van der Waals surface area contributed by atoms with Gasteiger partial charge in [0.15, 0.2) is 0 Å². The lowest BCUT2D eigenvalue weighted by molar-refractivity contribution is -0.274. The fourth-order valence-electron chi connectivity index (χ4n) is 4.93. The minimum Gasteiger partial charge on any atom is -0.406 e. The minimum absolute atomic E-state index is 0.0711. The van der Waals surface area contributed by atoms with Crippen molar-refractivity contribution in [2.45, 2.75) is 46.5 Å². The summed E-state index contributed by atoms with van der Waals surface area (Å²) in [5.74, 6) is -4.25. The van der Waals surface area contributed by atoms with Crippen LogP contribution in [0.2, 0.25) is 0 Å². The maximum atomic E-state index is 15.9. The zero-order valence-electron chi connectivity index (χ0n) is 20.6. The van der Waals surface area contributed by atoms with Crippen molar-refractivity contribution >= 4 is 5.91 Å². The number of ether oxygens (including phenoxy) is 1. The molecule has 192 valence electrons. The number of rotatable bonds is 4. The minimum atomic E-state index is -4.86. The summed E-state index contributed by atoms with van der Waals surface area (Å²) in [6, 6.07) is 11.1. The first-order valence-electron chi connectivity index (χ1n) is 11.4. The molecule has 0 atom stereocenters. The third-order valence-corrected chi connectivity index (χ3v) is 6.13. The largest absolute Gasteiger partial charge is 0.573 e. The van der Waals surface area contributed by atoms with E-state index in [1.807, 2.05) is 20.8 Å². The highest BCUT2D eigenvalue weighted by atomic mass is 19.4. The third-order valence-electron chi connectivity index (χ3n) is 6.13. The Bertz CT molecular complexity index is 1300. The van der Waals surface area contributed by atoms with Crippen LogP contribution < -0.4 is 4.74 Å². The number of halogens is 5. The Hall–Kier alpha value is -3.36. The van der Waals surface area contributed by atoms with E-state index in [0.717, 1.165) is 12.1 Å². The van der Waals surface area contributed by atoms with E-state index in [9.17, 15) is 18.0 Å². The van der Waals surface area contributed by atoms with Crippen molar-refractivity contribution in [3.8, 4) is 16.9 Å². The van der Waals surface area contributed by atoms with Crippen LogP contribution in [0.25, 0.3) is 11.1 Å². The Labute approximate surface area is 206 Å². The highest BCUT2D eigenvalue weighted by molar-refractivity contribution is 6.01. The van der Waals surface area contributed by atoms with E-state index in [1.165, 1.54) is 34.6 Å². The van der Waals surface area contributed by atoms with Gasteiger partial charge in [0.1, 0.15) is 11.4 Å². The van der Waals surface area contributed by atoms with E-state index in [1.54, 1.807) is 25.2 Å². The van der Waals surface area contributed by atoms with Crippen molar-refractivity contribution in [2.75, 3.05) is 13.6 Å². The van der Waals surface area contributed by atoms with Crippen LogP contribution in [-0.2, 0) is 12.5 Å². The van der Waals surface area contributed by atoms with Gasteiger partial charge >= 0.3 is 12.3 Å². The number of amides is 1. The van der Waals surface area contributed by atoms with Crippen LogP contribution in [0.5, 0.6) is 5.75 Å². The molecule has 1 aromatic heterocycles. The molecule has 0 aliphatic carbocycles. The van der Waals surface area contributed by atoms with Crippen molar-refractivity contribution in [1.29, 1.82) is 0 Å². The van der Waals surface area contributed by atoms with E-state index >= 15 is 8.78 Å². The second-order valence-corrected chi connectivity index (χ2v) is 10.3. The summed E-state index contributed by atoms with van der Waals surface area (Å²) >= 11 is 0. The monoisotopic (exact) mass is 506 g/mol. The molecule has 0 radical (unpaired) electrons. The molecule has 4 nitrogen and oxygen atoms in total. The fraction of sp³-hybridized carbons (Fsp3) is 0.370. The summed E-state index contributed by atoms with van der Waals surface area (Å²) in [4.78, 5) is 15.3. The molecule has 36 heavy (non-hydrogen) atoms. The van der Waals surface area contributed by atoms with Gasteiger partial charge < -0.3 is 14.2 Å². The number of carbonyl (C=O) groups excluding carboxylic acids is 1. The number of aromatic nitrogens is 1. The summed E-state index contributed by atoms with van der Waals surface area (Å²) in [7, 11) is 1.61. The van der Waals surface area contributed by atoms with Crippen molar-refractivity contribution in [1.82, 2.24) is 9.47 Å². The second-order valence-electron chi connectivity index (χ2n) is 10.3. The number of alkyl halides is 5. The summed E-state index contributed by atoms with van der Waals surface area (Å²) in [6.45, 7) is 7.84. The van der Waals surface area contributed by atoms with Crippen molar-refractivity contribution < 1.29 is 31.5 Å². The molecule has 2 aromatic carbocycles. The zero-order chi connectivity index (χ0) is 26.6. The predicted molar refractivity (Wildman–Crippen MR) is 126 cm³/mol. The van der Waals surface area contributed by atoms with E-state index in [-0.39, 0.29) is 40.0 Å². The molecule has 0 fully saturated rings. The first-order valence-corrected chi connectivity index (χ1v) is 11.4. The molecule has 0 bridgehead atoms. The van der Waals surface area contributed by atoms with Crippen LogP contribution in [0, 0.1) is 12.3 Å². The Morgan fingerprint density at radius 2 is 1.67 bits per heavy atom. The van der Waals surface area contributed by atoms with E-state index < -0.39 is 23.9 Å². The molecule has 9 heteroatoms. The van der Waals surface area contributed by atoms with Crippen LogP contribution in [0.4, 0.5) is 22.0 Å². The first kappa shape index (κ1) is 25.7. The molecule has 0 saturated heterocycles. The van der Waals surface area contributed by atoms with E-state index in [4.69, 9.17) is 0 Å². The lowest BCUT2D eigenvalue weighted by Gasteiger charge is -2.31. The molecule has 0 unspecified atom stereocenters. The molecule has 1 amide bonds. The number of nitrogens with zero attached hydrogens (tertiary/aromatic N) is 2. The summed E-state index contributed by atoms with van der Waals surface area (Å²) < 4.78 is 74.9. The van der Waals surface area contributed by atoms with Gasteiger partial charge in [0.05, 0.1) is 5.69 Å².